The molecule has 1 saturated heterocycles. The summed E-state index contributed by atoms with van der Waals surface area (Å²) in [6.45, 7) is 3.67. The van der Waals surface area contributed by atoms with E-state index in [4.69, 9.17) is 14.5 Å². The molecule has 8 heteroatoms. The number of morpholine rings is 1. The maximum Gasteiger partial charge on any atom is 0.188 e. The van der Waals surface area contributed by atoms with Crippen LogP contribution in [0.2, 0.25) is 0 Å². The molecular weight excluding hydrogens is 326 g/mol. The van der Waals surface area contributed by atoms with Crippen LogP contribution in [-0.2, 0) is 11.3 Å². The van der Waals surface area contributed by atoms with Gasteiger partial charge in [-0.2, -0.15) is 0 Å². The van der Waals surface area contributed by atoms with Crippen LogP contribution in [0, 0.1) is 0 Å². The van der Waals surface area contributed by atoms with Crippen molar-refractivity contribution in [3.8, 4) is 23.0 Å². The fourth-order valence-electron chi connectivity index (χ4n) is 3.00. The summed E-state index contributed by atoms with van der Waals surface area (Å²) in [7, 11) is 0. The second-order valence-electron chi connectivity index (χ2n) is 5.65. The number of hydrogen-bond acceptors (Lipinski definition) is 7. The van der Waals surface area contributed by atoms with Crippen molar-refractivity contribution in [3.05, 3.63) is 35.5 Å². The molecule has 0 spiro atoms. The molecule has 0 aliphatic carbocycles. The van der Waals surface area contributed by atoms with Crippen molar-refractivity contribution in [2.24, 2.45) is 0 Å². The van der Waals surface area contributed by atoms with E-state index in [0.717, 1.165) is 60.2 Å². The van der Waals surface area contributed by atoms with Crippen molar-refractivity contribution in [1.29, 1.82) is 0 Å². The molecule has 24 heavy (non-hydrogen) atoms. The summed E-state index contributed by atoms with van der Waals surface area (Å²) in [6, 6.07) is 7.93. The second kappa shape index (κ2) is 5.57. The molecule has 0 saturated carbocycles. The summed E-state index contributed by atoms with van der Waals surface area (Å²) in [5.41, 5.74) is 1.80. The third kappa shape index (κ3) is 2.18. The minimum Gasteiger partial charge on any atom is -0.483 e. The number of hydrogen-bond donors (Lipinski definition) is 0. The van der Waals surface area contributed by atoms with Gasteiger partial charge in [0.2, 0.25) is 0 Å². The molecule has 0 atom stereocenters. The summed E-state index contributed by atoms with van der Waals surface area (Å²) in [5, 5.41) is 11.7. The average molecular weight is 341 g/mol. The molecule has 4 heterocycles. The van der Waals surface area contributed by atoms with E-state index in [-0.39, 0.29) is 0 Å². The van der Waals surface area contributed by atoms with Crippen molar-refractivity contribution in [2.45, 2.75) is 6.61 Å². The molecule has 3 aromatic rings. The van der Waals surface area contributed by atoms with Gasteiger partial charge in [0.25, 0.3) is 0 Å². The zero-order chi connectivity index (χ0) is 15.9. The Morgan fingerprint density at radius 1 is 1.08 bits per heavy atom. The van der Waals surface area contributed by atoms with Gasteiger partial charge in [-0.1, -0.05) is 12.1 Å². The van der Waals surface area contributed by atoms with Crippen molar-refractivity contribution in [1.82, 2.24) is 19.7 Å². The molecule has 122 valence electrons. The number of rotatable bonds is 2. The Bertz CT molecular complexity index is 884. The minimum atomic E-state index is 0.421. The second-order valence-corrected chi connectivity index (χ2v) is 6.48. The predicted octanol–water partition coefficient (Wildman–Crippen LogP) is 2.12. The molecule has 0 unspecified atom stereocenters. The minimum absolute atomic E-state index is 0.421. The van der Waals surface area contributed by atoms with Gasteiger partial charge in [0.15, 0.2) is 16.8 Å². The van der Waals surface area contributed by atoms with Gasteiger partial charge in [0, 0.05) is 18.5 Å². The Labute approximate surface area is 142 Å². The standard InChI is InChI=1S/C16H15N5O2S/c1-2-4-13-12(3-1)21-14(9-23-13)18-19-15(21)11-10-24-16(17-11)20-5-7-22-8-6-20/h1-4,10H,5-9H2. The first-order chi connectivity index (χ1) is 11.9. The highest BCUT2D eigenvalue weighted by Crippen LogP contribution is 2.34. The maximum atomic E-state index is 5.74. The van der Waals surface area contributed by atoms with Gasteiger partial charge in [-0.25, -0.2) is 4.98 Å². The van der Waals surface area contributed by atoms with Gasteiger partial charge >= 0.3 is 0 Å². The number of fused-ring (bicyclic) bond motifs is 3. The monoisotopic (exact) mass is 341 g/mol. The molecule has 1 aromatic carbocycles. The van der Waals surface area contributed by atoms with Crippen LogP contribution in [0.4, 0.5) is 5.13 Å². The zero-order valence-corrected chi connectivity index (χ0v) is 13.7. The lowest BCUT2D eigenvalue weighted by Gasteiger charge is -2.26. The van der Waals surface area contributed by atoms with E-state index in [9.17, 15) is 0 Å². The van der Waals surface area contributed by atoms with Gasteiger partial charge in [0.05, 0.1) is 18.9 Å². The van der Waals surface area contributed by atoms with Gasteiger partial charge in [-0.15, -0.1) is 21.5 Å². The lowest BCUT2D eigenvalue weighted by molar-refractivity contribution is 0.122. The van der Waals surface area contributed by atoms with E-state index in [2.05, 4.69) is 15.1 Å². The summed E-state index contributed by atoms with van der Waals surface area (Å²) >= 11 is 1.63. The lowest BCUT2D eigenvalue weighted by Crippen LogP contribution is -2.36. The van der Waals surface area contributed by atoms with E-state index >= 15 is 0 Å². The third-order valence-corrected chi connectivity index (χ3v) is 5.10. The Morgan fingerprint density at radius 2 is 1.96 bits per heavy atom. The number of ether oxygens (including phenoxy) is 2. The first-order valence-electron chi connectivity index (χ1n) is 7.85. The lowest BCUT2D eigenvalue weighted by atomic mass is 10.2. The highest BCUT2D eigenvalue weighted by atomic mass is 32.1. The molecule has 2 aliphatic rings. The van der Waals surface area contributed by atoms with Crippen LogP contribution in [0.3, 0.4) is 0 Å². The van der Waals surface area contributed by atoms with Crippen molar-refractivity contribution >= 4 is 16.5 Å². The van der Waals surface area contributed by atoms with Crippen molar-refractivity contribution in [3.63, 3.8) is 0 Å². The van der Waals surface area contributed by atoms with E-state index in [1.54, 1.807) is 11.3 Å². The van der Waals surface area contributed by atoms with Gasteiger partial charge in [-0.05, 0) is 12.1 Å². The van der Waals surface area contributed by atoms with Gasteiger partial charge < -0.3 is 14.4 Å². The van der Waals surface area contributed by atoms with Crippen LogP contribution in [-0.4, -0.2) is 46.1 Å². The summed E-state index contributed by atoms with van der Waals surface area (Å²) in [6.07, 6.45) is 0. The number of nitrogens with zero attached hydrogens (tertiary/aromatic N) is 5. The van der Waals surface area contributed by atoms with E-state index < -0.39 is 0 Å². The van der Waals surface area contributed by atoms with Gasteiger partial charge in [-0.3, -0.25) is 4.57 Å². The van der Waals surface area contributed by atoms with Crippen LogP contribution < -0.4 is 9.64 Å². The topological polar surface area (TPSA) is 65.3 Å². The number of anilines is 1. The van der Waals surface area contributed by atoms with Gasteiger partial charge in [0.1, 0.15) is 18.1 Å². The van der Waals surface area contributed by atoms with Crippen LogP contribution in [0.1, 0.15) is 5.82 Å². The third-order valence-electron chi connectivity index (χ3n) is 4.20. The fraction of sp³-hybridized carbons (Fsp3) is 0.312. The van der Waals surface area contributed by atoms with Crippen molar-refractivity contribution < 1.29 is 9.47 Å². The molecule has 5 rings (SSSR count). The Hall–Kier alpha value is -2.45. The largest absolute Gasteiger partial charge is 0.483 e. The predicted molar refractivity (Wildman–Crippen MR) is 89.8 cm³/mol. The van der Waals surface area contributed by atoms with E-state index in [1.807, 2.05) is 34.2 Å². The Kier molecular flexibility index (Phi) is 3.24. The fourth-order valence-corrected chi connectivity index (χ4v) is 3.86. The first kappa shape index (κ1) is 13.9. The highest BCUT2D eigenvalue weighted by molar-refractivity contribution is 7.14. The van der Waals surface area contributed by atoms with Crippen LogP contribution >= 0.6 is 11.3 Å². The highest BCUT2D eigenvalue weighted by Gasteiger charge is 2.25. The van der Waals surface area contributed by atoms with Crippen LogP contribution in [0.15, 0.2) is 29.6 Å². The maximum absolute atomic E-state index is 5.74. The van der Waals surface area contributed by atoms with Crippen LogP contribution in [0.5, 0.6) is 5.75 Å². The first-order valence-corrected chi connectivity index (χ1v) is 8.73. The number of thiazole rings is 1. The molecule has 0 bridgehead atoms. The van der Waals surface area contributed by atoms with Crippen molar-refractivity contribution in [2.75, 3.05) is 31.2 Å². The Balaban J connectivity index is 1.55. The smallest absolute Gasteiger partial charge is 0.188 e. The number of para-hydroxylation sites is 2. The molecule has 2 aliphatic heterocycles. The van der Waals surface area contributed by atoms with E-state index in [1.165, 1.54) is 0 Å². The molecule has 7 nitrogen and oxygen atoms in total. The molecule has 0 radical (unpaired) electrons. The zero-order valence-electron chi connectivity index (χ0n) is 12.9. The normalized spacial score (nSPS) is 16.4. The molecule has 2 aromatic heterocycles. The Morgan fingerprint density at radius 3 is 2.88 bits per heavy atom. The number of aromatic nitrogens is 4. The van der Waals surface area contributed by atoms with Crippen LogP contribution in [0.25, 0.3) is 17.2 Å². The summed E-state index contributed by atoms with van der Waals surface area (Å²) < 4.78 is 13.2. The average Bonchev–Trinajstić information content (AvgIpc) is 3.29. The molecular formula is C16H15N5O2S. The quantitative estimate of drug-likeness (QED) is 0.711. The molecule has 0 amide bonds. The summed E-state index contributed by atoms with van der Waals surface area (Å²) in [4.78, 5) is 7.03. The summed E-state index contributed by atoms with van der Waals surface area (Å²) in [5.74, 6) is 2.40. The molecule has 0 N–H and O–H groups in total. The number of benzene rings is 1. The van der Waals surface area contributed by atoms with E-state index in [0.29, 0.717) is 6.61 Å². The SMILES string of the molecule is c1ccc2c(c1)OCc1nnc(-c3csc(N4CCOCC4)n3)n1-2. The molecule has 1 fully saturated rings.